The summed E-state index contributed by atoms with van der Waals surface area (Å²) in [6.07, 6.45) is 2.11. The molecular weight excluding hydrogens is 480 g/mol. The van der Waals surface area contributed by atoms with E-state index in [2.05, 4.69) is 62.9 Å². The van der Waals surface area contributed by atoms with Gasteiger partial charge in [0.2, 0.25) is 0 Å². The first kappa shape index (κ1) is 23.7. The Hall–Kier alpha value is -3.67. The second kappa shape index (κ2) is 10.4. The first-order valence-electron chi connectivity index (χ1n) is 12.7. The molecule has 4 aromatic carbocycles. The number of fused-ring (bicyclic) bond motifs is 2. The van der Waals surface area contributed by atoms with Crippen LogP contribution in [-0.2, 0) is 6.54 Å². The van der Waals surface area contributed by atoms with Gasteiger partial charge in [-0.2, -0.15) is 0 Å². The Morgan fingerprint density at radius 1 is 0.865 bits per heavy atom. The highest BCUT2D eigenvalue weighted by atomic mass is 35.5. The summed E-state index contributed by atoms with van der Waals surface area (Å²) in [4.78, 5) is 2.54. The molecule has 1 aromatic heterocycles. The summed E-state index contributed by atoms with van der Waals surface area (Å²) in [6.45, 7) is 3.06. The SMILES string of the molecule is COc1ccc(-c2nnc(NC3CCN(Cc4ccc5ccccc5c4)CC3)c3cc(Cl)ccc23)cc1. The zero-order valence-electron chi connectivity index (χ0n) is 20.8. The fourth-order valence-corrected chi connectivity index (χ4v) is 5.39. The highest BCUT2D eigenvalue weighted by Gasteiger charge is 2.21. The van der Waals surface area contributed by atoms with Crippen molar-refractivity contribution in [1.29, 1.82) is 0 Å². The molecule has 5 nitrogen and oxygen atoms in total. The molecule has 0 unspecified atom stereocenters. The number of nitrogens with zero attached hydrogens (tertiary/aromatic N) is 3. The van der Waals surface area contributed by atoms with Crippen LogP contribution >= 0.6 is 11.6 Å². The summed E-state index contributed by atoms with van der Waals surface area (Å²) < 4.78 is 5.30. The number of methoxy groups -OCH3 is 1. The third-order valence-corrected chi connectivity index (χ3v) is 7.49. The van der Waals surface area contributed by atoms with Crippen LogP contribution in [0.25, 0.3) is 32.8 Å². The molecule has 1 aliphatic rings. The van der Waals surface area contributed by atoms with Crippen LogP contribution in [0.2, 0.25) is 5.02 Å². The first-order valence-corrected chi connectivity index (χ1v) is 13.1. The molecule has 0 aliphatic carbocycles. The Kier molecular flexibility index (Phi) is 6.64. The molecule has 2 heterocycles. The van der Waals surface area contributed by atoms with Crippen molar-refractivity contribution in [1.82, 2.24) is 15.1 Å². The van der Waals surface area contributed by atoms with Crippen LogP contribution in [0.4, 0.5) is 5.82 Å². The van der Waals surface area contributed by atoms with E-state index in [9.17, 15) is 0 Å². The van der Waals surface area contributed by atoms with Gasteiger partial charge in [0.05, 0.1) is 7.11 Å². The van der Waals surface area contributed by atoms with E-state index in [1.807, 2.05) is 42.5 Å². The molecule has 37 heavy (non-hydrogen) atoms. The fraction of sp³-hybridized carbons (Fsp3) is 0.226. The summed E-state index contributed by atoms with van der Waals surface area (Å²) >= 11 is 6.40. The molecule has 0 bridgehead atoms. The summed E-state index contributed by atoms with van der Waals surface area (Å²) in [5.74, 6) is 1.61. The standard InChI is InChI=1S/C31H29ClN4O/c1-37-27-11-8-23(9-12-27)30-28-13-10-25(32)19-29(28)31(35-34-30)33-26-14-16-36(17-15-26)20-21-6-7-22-4-2-3-5-24(22)18-21/h2-13,18-19,26H,14-17,20H2,1H3,(H,33,35). The number of halogens is 1. The smallest absolute Gasteiger partial charge is 0.156 e. The average molecular weight is 509 g/mol. The number of benzene rings is 4. The summed E-state index contributed by atoms with van der Waals surface area (Å²) in [6, 6.07) is 29.5. The lowest BCUT2D eigenvalue weighted by Crippen LogP contribution is -2.38. The third kappa shape index (κ3) is 5.10. The van der Waals surface area contributed by atoms with Gasteiger partial charge < -0.3 is 10.1 Å². The van der Waals surface area contributed by atoms with E-state index < -0.39 is 0 Å². The lowest BCUT2D eigenvalue weighted by atomic mass is 10.0. The molecular formula is C31H29ClN4O. The second-order valence-electron chi connectivity index (χ2n) is 9.69. The Labute approximate surface area is 222 Å². The van der Waals surface area contributed by atoms with Crippen molar-refractivity contribution in [2.45, 2.75) is 25.4 Å². The number of piperidine rings is 1. The minimum atomic E-state index is 0.344. The molecule has 0 radical (unpaired) electrons. The first-order chi connectivity index (χ1) is 18.2. The molecule has 6 heteroatoms. The molecule has 0 saturated carbocycles. The van der Waals surface area contributed by atoms with E-state index >= 15 is 0 Å². The molecule has 0 spiro atoms. The summed E-state index contributed by atoms with van der Waals surface area (Å²) in [5.41, 5.74) is 3.20. The molecule has 1 aliphatic heterocycles. The predicted octanol–water partition coefficient (Wildman–Crippen LogP) is 7.19. The van der Waals surface area contributed by atoms with E-state index in [0.29, 0.717) is 11.1 Å². The Morgan fingerprint density at radius 3 is 2.43 bits per heavy atom. The highest BCUT2D eigenvalue weighted by Crippen LogP contribution is 2.33. The van der Waals surface area contributed by atoms with Crippen molar-refractivity contribution >= 4 is 39.0 Å². The number of aromatic nitrogens is 2. The largest absolute Gasteiger partial charge is 0.497 e. The van der Waals surface area contributed by atoms with E-state index in [1.54, 1.807) is 7.11 Å². The van der Waals surface area contributed by atoms with Gasteiger partial charge in [0, 0.05) is 47.0 Å². The van der Waals surface area contributed by atoms with Crippen molar-refractivity contribution in [3.63, 3.8) is 0 Å². The summed E-state index contributed by atoms with van der Waals surface area (Å²) in [5, 5.41) is 18.2. The zero-order chi connectivity index (χ0) is 25.2. The van der Waals surface area contributed by atoms with E-state index in [-0.39, 0.29) is 0 Å². The van der Waals surface area contributed by atoms with Gasteiger partial charge in [-0.3, -0.25) is 4.90 Å². The fourth-order valence-electron chi connectivity index (χ4n) is 5.22. The van der Waals surface area contributed by atoms with Crippen molar-refractivity contribution < 1.29 is 4.74 Å². The number of likely N-dealkylation sites (tertiary alicyclic amines) is 1. The van der Waals surface area contributed by atoms with Crippen molar-refractivity contribution in [3.05, 3.63) is 95.5 Å². The van der Waals surface area contributed by atoms with Crippen LogP contribution < -0.4 is 10.1 Å². The molecule has 1 N–H and O–H groups in total. The van der Waals surface area contributed by atoms with Crippen molar-refractivity contribution in [2.75, 3.05) is 25.5 Å². The van der Waals surface area contributed by atoms with Crippen LogP contribution in [0.3, 0.4) is 0 Å². The van der Waals surface area contributed by atoms with Gasteiger partial charge in [0.15, 0.2) is 5.82 Å². The van der Waals surface area contributed by atoms with E-state index in [0.717, 1.165) is 66.1 Å². The molecule has 0 atom stereocenters. The Balaban J connectivity index is 1.17. The molecule has 5 aromatic rings. The molecule has 1 saturated heterocycles. The zero-order valence-corrected chi connectivity index (χ0v) is 21.6. The lowest BCUT2D eigenvalue weighted by molar-refractivity contribution is 0.211. The van der Waals surface area contributed by atoms with Gasteiger partial charge in [-0.05, 0) is 71.6 Å². The number of rotatable bonds is 6. The average Bonchev–Trinajstić information content (AvgIpc) is 2.94. The Bertz CT molecular complexity index is 1550. The minimum absolute atomic E-state index is 0.344. The van der Waals surface area contributed by atoms with Gasteiger partial charge in [0.1, 0.15) is 11.4 Å². The molecule has 0 amide bonds. The lowest BCUT2D eigenvalue weighted by Gasteiger charge is -2.32. The van der Waals surface area contributed by atoms with Crippen LogP contribution in [0, 0.1) is 0 Å². The van der Waals surface area contributed by atoms with Gasteiger partial charge in [-0.15, -0.1) is 10.2 Å². The summed E-state index contributed by atoms with van der Waals surface area (Å²) in [7, 11) is 1.67. The van der Waals surface area contributed by atoms with Crippen LogP contribution in [-0.4, -0.2) is 41.3 Å². The minimum Gasteiger partial charge on any atom is -0.497 e. The third-order valence-electron chi connectivity index (χ3n) is 7.25. The van der Waals surface area contributed by atoms with Crippen LogP contribution in [0.1, 0.15) is 18.4 Å². The van der Waals surface area contributed by atoms with Crippen LogP contribution in [0.15, 0.2) is 84.9 Å². The van der Waals surface area contributed by atoms with Gasteiger partial charge in [0.25, 0.3) is 0 Å². The number of hydrogen-bond donors (Lipinski definition) is 1. The van der Waals surface area contributed by atoms with Crippen LogP contribution in [0.5, 0.6) is 5.75 Å². The normalized spacial score (nSPS) is 14.8. The topological polar surface area (TPSA) is 50.3 Å². The van der Waals surface area contributed by atoms with Gasteiger partial charge >= 0.3 is 0 Å². The number of ether oxygens (including phenoxy) is 1. The molecule has 1 fully saturated rings. The maximum absolute atomic E-state index is 6.40. The predicted molar refractivity (Wildman–Crippen MR) is 152 cm³/mol. The second-order valence-corrected chi connectivity index (χ2v) is 10.1. The number of anilines is 1. The van der Waals surface area contributed by atoms with Crippen molar-refractivity contribution in [3.8, 4) is 17.0 Å². The number of hydrogen-bond acceptors (Lipinski definition) is 5. The molecule has 6 rings (SSSR count). The maximum atomic E-state index is 6.40. The Morgan fingerprint density at radius 2 is 1.65 bits per heavy atom. The van der Waals surface area contributed by atoms with Gasteiger partial charge in [-0.1, -0.05) is 54.1 Å². The van der Waals surface area contributed by atoms with Gasteiger partial charge in [-0.25, -0.2) is 0 Å². The van der Waals surface area contributed by atoms with E-state index in [4.69, 9.17) is 16.3 Å². The monoisotopic (exact) mass is 508 g/mol. The number of nitrogens with one attached hydrogen (secondary N) is 1. The van der Waals surface area contributed by atoms with Crippen molar-refractivity contribution in [2.24, 2.45) is 0 Å². The maximum Gasteiger partial charge on any atom is 0.156 e. The highest BCUT2D eigenvalue weighted by molar-refractivity contribution is 6.31. The molecule has 186 valence electrons. The van der Waals surface area contributed by atoms with E-state index in [1.165, 1.54) is 16.3 Å². The quantitative estimate of drug-likeness (QED) is 0.263.